The quantitative estimate of drug-likeness (QED) is 0.527. The van der Waals surface area contributed by atoms with Gasteiger partial charge in [-0.1, -0.05) is 36.4 Å². The van der Waals surface area contributed by atoms with E-state index in [-0.39, 0.29) is 5.91 Å². The predicted molar refractivity (Wildman–Crippen MR) is 106 cm³/mol. The van der Waals surface area contributed by atoms with Crippen molar-refractivity contribution in [3.05, 3.63) is 72.3 Å². The zero-order chi connectivity index (χ0) is 18.4. The molecule has 0 saturated carbocycles. The largest absolute Gasteiger partial charge is 0.497 e. The zero-order valence-corrected chi connectivity index (χ0v) is 14.8. The van der Waals surface area contributed by atoms with Crippen LogP contribution in [-0.4, -0.2) is 25.3 Å². The molecule has 0 bridgehead atoms. The monoisotopic (exact) mass is 347 g/mol. The second-order valence-electron chi connectivity index (χ2n) is 5.94. The van der Waals surface area contributed by atoms with Crippen molar-refractivity contribution in [3.8, 4) is 5.75 Å². The Bertz CT molecular complexity index is 920. The summed E-state index contributed by atoms with van der Waals surface area (Å²) in [6, 6.07) is 21.1. The number of ether oxygens (including phenoxy) is 1. The van der Waals surface area contributed by atoms with Gasteiger partial charge in [0.25, 0.3) is 5.91 Å². The fourth-order valence-corrected chi connectivity index (χ4v) is 2.56. The Hall–Kier alpha value is -3.34. The Morgan fingerprint density at radius 3 is 2.50 bits per heavy atom. The molecule has 132 valence electrons. The number of hydrogen-bond acceptors (Lipinski definition) is 4. The third kappa shape index (κ3) is 4.39. The molecule has 0 aromatic heterocycles. The van der Waals surface area contributed by atoms with E-state index in [2.05, 4.69) is 21.9 Å². The first-order chi connectivity index (χ1) is 12.7. The maximum Gasteiger partial charge on any atom is 0.262 e. The molecule has 5 nitrogen and oxygen atoms in total. The van der Waals surface area contributed by atoms with Gasteiger partial charge in [-0.3, -0.25) is 4.79 Å². The van der Waals surface area contributed by atoms with Crippen LogP contribution in [0.4, 0.5) is 5.69 Å². The molecule has 2 N–H and O–H groups in total. The molecule has 3 aromatic rings. The average Bonchev–Trinajstić information content (AvgIpc) is 2.68. The molecule has 0 aliphatic carbocycles. The number of hydrazone groups is 1. The Morgan fingerprint density at radius 1 is 1.04 bits per heavy atom. The normalized spacial score (nSPS) is 12.1. The molecule has 0 spiro atoms. The third-order valence-electron chi connectivity index (χ3n) is 4.03. The molecule has 3 aromatic carbocycles. The first-order valence-electron chi connectivity index (χ1n) is 8.38. The number of nitrogens with one attached hydrogen (secondary N) is 2. The summed E-state index contributed by atoms with van der Waals surface area (Å²) >= 11 is 0. The molecule has 0 saturated heterocycles. The van der Waals surface area contributed by atoms with Gasteiger partial charge in [-0.2, -0.15) is 5.10 Å². The second-order valence-corrected chi connectivity index (χ2v) is 5.94. The topological polar surface area (TPSA) is 62.7 Å². The summed E-state index contributed by atoms with van der Waals surface area (Å²) in [7, 11) is 1.62. The molecule has 0 aliphatic rings. The maximum absolute atomic E-state index is 12.2. The van der Waals surface area contributed by atoms with Crippen molar-refractivity contribution in [1.82, 2.24) is 5.43 Å². The molecule has 3 rings (SSSR count). The number of fused-ring (bicyclic) bond motifs is 1. The van der Waals surface area contributed by atoms with Gasteiger partial charge in [-0.05, 0) is 53.6 Å². The zero-order valence-electron chi connectivity index (χ0n) is 14.8. The molecule has 26 heavy (non-hydrogen) atoms. The first kappa shape index (κ1) is 17.5. The van der Waals surface area contributed by atoms with Crippen LogP contribution in [-0.2, 0) is 4.79 Å². The van der Waals surface area contributed by atoms with E-state index in [1.807, 2.05) is 60.7 Å². The summed E-state index contributed by atoms with van der Waals surface area (Å²) in [6.45, 7) is 1.78. The Labute approximate surface area is 152 Å². The number of nitrogens with zero attached hydrogens (tertiary/aromatic N) is 1. The minimum absolute atomic E-state index is 0.210. The number of methoxy groups -OCH3 is 1. The lowest BCUT2D eigenvalue weighted by Gasteiger charge is -2.13. The lowest BCUT2D eigenvalue weighted by atomic mass is 10.1. The highest BCUT2D eigenvalue weighted by molar-refractivity contribution is 5.91. The lowest BCUT2D eigenvalue weighted by molar-refractivity contribution is -0.121. The fourth-order valence-electron chi connectivity index (χ4n) is 2.56. The van der Waals surface area contributed by atoms with Gasteiger partial charge in [0.15, 0.2) is 0 Å². The second kappa shape index (κ2) is 8.16. The molecular weight excluding hydrogens is 326 g/mol. The van der Waals surface area contributed by atoms with Crippen LogP contribution in [0.15, 0.2) is 71.8 Å². The van der Waals surface area contributed by atoms with Crippen LogP contribution in [0.5, 0.6) is 5.75 Å². The van der Waals surface area contributed by atoms with Crippen LogP contribution in [0.3, 0.4) is 0 Å². The van der Waals surface area contributed by atoms with Gasteiger partial charge in [-0.15, -0.1) is 0 Å². The third-order valence-corrected chi connectivity index (χ3v) is 4.03. The highest BCUT2D eigenvalue weighted by Crippen LogP contribution is 2.16. The molecule has 1 amide bonds. The van der Waals surface area contributed by atoms with Gasteiger partial charge in [0.1, 0.15) is 11.8 Å². The highest BCUT2D eigenvalue weighted by atomic mass is 16.5. The number of anilines is 1. The summed E-state index contributed by atoms with van der Waals surface area (Å²) in [5.74, 6) is 0.561. The Morgan fingerprint density at radius 2 is 1.77 bits per heavy atom. The van der Waals surface area contributed by atoms with Gasteiger partial charge in [-0.25, -0.2) is 5.43 Å². The molecule has 0 heterocycles. The van der Waals surface area contributed by atoms with Crippen LogP contribution >= 0.6 is 0 Å². The summed E-state index contributed by atoms with van der Waals surface area (Å²) < 4.78 is 5.12. The van der Waals surface area contributed by atoms with Crippen molar-refractivity contribution in [3.63, 3.8) is 0 Å². The van der Waals surface area contributed by atoms with Crippen molar-refractivity contribution in [1.29, 1.82) is 0 Å². The summed E-state index contributed by atoms with van der Waals surface area (Å²) in [4.78, 5) is 12.2. The standard InChI is InChI=1S/C21H21N3O2/c1-15(23-19-9-11-20(26-2)12-10-19)21(25)24-22-14-16-7-8-17-5-3-4-6-18(17)13-16/h3-15,23H,1-2H3,(H,24,25)/b22-14-/t15-/m0/s1. The van der Waals surface area contributed by atoms with Crippen LogP contribution in [0.25, 0.3) is 10.8 Å². The number of rotatable bonds is 6. The van der Waals surface area contributed by atoms with Gasteiger partial charge >= 0.3 is 0 Å². The Kier molecular flexibility index (Phi) is 5.49. The van der Waals surface area contributed by atoms with Crippen LogP contribution in [0.2, 0.25) is 0 Å². The number of carbonyl (C=O) groups is 1. The fraction of sp³-hybridized carbons (Fsp3) is 0.143. The molecule has 5 heteroatoms. The van der Waals surface area contributed by atoms with E-state index in [1.165, 1.54) is 5.39 Å². The number of carbonyl (C=O) groups excluding carboxylic acids is 1. The molecule has 0 fully saturated rings. The van der Waals surface area contributed by atoms with Gasteiger partial charge in [0.05, 0.1) is 13.3 Å². The minimum Gasteiger partial charge on any atom is -0.497 e. The van der Waals surface area contributed by atoms with Crippen molar-refractivity contribution < 1.29 is 9.53 Å². The lowest BCUT2D eigenvalue weighted by Crippen LogP contribution is -2.34. The van der Waals surface area contributed by atoms with Crippen LogP contribution in [0, 0.1) is 0 Å². The first-order valence-corrected chi connectivity index (χ1v) is 8.38. The van der Waals surface area contributed by atoms with E-state index in [9.17, 15) is 4.79 Å². The maximum atomic E-state index is 12.2. The predicted octanol–water partition coefficient (Wildman–Crippen LogP) is 3.80. The number of hydrogen-bond donors (Lipinski definition) is 2. The average molecular weight is 347 g/mol. The van der Waals surface area contributed by atoms with E-state index < -0.39 is 6.04 Å². The number of amides is 1. The van der Waals surface area contributed by atoms with Gasteiger partial charge in [0.2, 0.25) is 0 Å². The molecule has 0 aliphatic heterocycles. The van der Waals surface area contributed by atoms with Crippen molar-refractivity contribution in [2.24, 2.45) is 5.10 Å². The van der Waals surface area contributed by atoms with E-state index in [0.29, 0.717) is 0 Å². The minimum atomic E-state index is -0.419. The smallest absolute Gasteiger partial charge is 0.262 e. The van der Waals surface area contributed by atoms with Crippen LogP contribution in [0.1, 0.15) is 12.5 Å². The summed E-state index contributed by atoms with van der Waals surface area (Å²) in [6.07, 6.45) is 1.64. The van der Waals surface area contributed by atoms with Gasteiger partial charge in [0, 0.05) is 5.69 Å². The van der Waals surface area contributed by atoms with Crippen molar-refractivity contribution in [2.45, 2.75) is 13.0 Å². The summed E-state index contributed by atoms with van der Waals surface area (Å²) in [5.41, 5.74) is 4.34. The number of benzene rings is 3. The Balaban J connectivity index is 1.56. The van der Waals surface area contributed by atoms with Crippen molar-refractivity contribution in [2.75, 3.05) is 12.4 Å². The molecule has 0 unspecified atom stereocenters. The van der Waals surface area contributed by atoms with E-state index in [4.69, 9.17) is 4.74 Å². The van der Waals surface area contributed by atoms with E-state index >= 15 is 0 Å². The van der Waals surface area contributed by atoms with Crippen LogP contribution < -0.4 is 15.5 Å². The molecular formula is C21H21N3O2. The van der Waals surface area contributed by atoms with E-state index in [0.717, 1.165) is 22.4 Å². The van der Waals surface area contributed by atoms with Gasteiger partial charge < -0.3 is 10.1 Å². The van der Waals surface area contributed by atoms with Crippen molar-refractivity contribution >= 4 is 28.6 Å². The SMILES string of the molecule is COc1ccc(N[C@@H](C)C(=O)N/N=C\c2ccc3ccccc3c2)cc1. The highest BCUT2D eigenvalue weighted by Gasteiger charge is 2.11. The molecule has 0 radical (unpaired) electrons. The molecule has 1 atom stereocenters. The van der Waals surface area contributed by atoms with E-state index in [1.54, 1.807) is 20.2 Å². The summed E-state index contributed by atoms with van der Waals surface area (Å²) in [5, 5.41) is 9.49.